The topological polar surface area (TPSA) is 82.5 Å². The molecule has 0 saturated heterocycles. The lowest BCUT2D eigenvalue weighted by molar-refractivity contribution is 0.0702. The maximum Gasteiger partial charge on any atom is 0.379 e. The highest BCUT2D eigenvalue weighted by molar-refractivity contribution is 5.98. The first-order chi connectivity index (χ1) is 11.0. The van der Waals surface area contributed by atoms with Gasteiger partial charge in [0.25, 0.3) is 0 Å². The van der Waals surface area contributed by atoms with Crippen molar-refractivity contribution in [2.75, 3.05) is 0 Å². The number of furan rings is 1. The Morgan fingerprint density at radius 3 is 2.52 bits per heavy atom. The van der Waals surface area contributed by atoms with Crippen LogP contribution in [0.15, 0.2) is 46.9 Å². The third-order valence-electron chi connectivity index (χ3n) is 3.68. The highest BCUT2D eigenvalue weighted by Crippen LogP contribution is 2.28. The van der Waals surface area contributed by atoms with Gasteiger partial charge in [0.2, 0.25) is 11.7 Å². The van der Waals surface area contributed by atoms with E-state index in [4.69, 9.17) is 14.9 Å². The zero-order chi connectivity index (χ0) is 16.6. The van der Waals surface area contributed by atoms with Crippen LogP contribution < -0.4 is 10.5 Å². The SMILES string of the molecule is Cc1c(C(=O)Oc2cccc(C(N)=O)c2)oc2c(C)cccc12. The lowest BCUT2D eigenvalue weighted by Crippen LogP contribution is -2.12. The van der Waals surface area contributed by atoms with E-state index in [1.165, 1.54) is 6.07 Å². The molecule has 0 saturated carbocycles. The van der Waals surface area contributed by atoms with Crippen molar-refractivity contribution in [2.24, 2.45) is 5.73 Å². The van der Waals surface area contributed by atoms with Crippen LogP contribution in [0.5, 0.6) is 5.75 Å². The van der Waals surface area contributed by atoms with Crippen molar-refractivity contribution in [3.8, 4) is 5.75 Å². The van der Waals surface area contributed by atoms with Crippen molar-refractivity contribution >= 4 is 22.8 Å². The predicted molar refractivity (Wildman–Crippen MR) is 85.6 cm³/mol. The van der Waals surface area contributed by atoms with Crippen molar-refractivity contribution in [1.82, 2.24) is 0 Å². The molecule has 0 spiro atoms. The summed E-state index contributed by atoms with van der Waals surface area (Å²) in [6.07, 6.45) is 0. The molecule has 0 aliphatic rings. The van der Waals surface area contributed by atoms with Gasteiger partial charge in [0.1, 0.15) is 11.3 Å². The summed E-state index contributed by atoms with van der Waals surface area (Å²) in [4.78, 5) is 23.5. The highest BCUT2D eigenvalue weighted by atomic mass is 16.5. The summed E-state index contributed by atoms with van der Waals surface area (Å²) in [5, 5.41) is 0.878. The molecule has 0 bridgehead atoms. The number of carbonyl (C=O) groups excluding carboxylic acids is 2. The first-order valence-corrected chi connectivity index (χ1v) is 7.08. The predicted octanol–water partition coefficient (Wildman–Crippen LogP) is 3.37. The molecular weight excluding hydrogens is 294 g/mol. The largest absolute Gasteiger partial charge is 0.448 e. The maximum atomic E-state index is 12.4. The zero-order valence-electron chi connectivity index (χ0n) is 12.8. The summed E-state index contributed by atoms with van der Waals surface area (Å²) in [6.45, 7) is 3.72. The van der Waals surface area contributed by atoms with Gasteiger partial charge in [0, 0.05) is 16.5 Å². The summed E-state index contributed by atoms with van der Waals surface area (Å²) < 4.78 is 11.0. The zero-order valence-corrected chi connectivity index (χ0v) is 12.8. The fourth-order valence-electron chi connectivity index (χ4n) is 2.45. The van der Waals surface area contributed by atoms with E-state index >= 15 is 0 Å². The molecule has 3 aromatic rings. The number of para-hydroxylation sites is 1. The number of ether oxygens (including phenoxy) is 1. The van der Waals surface area contributed by atoms with Crippen LogP contribution in [0.2, 0.25) is 0 Å². The Hall–Kier alpha value is -3.08. The van der Waals surface area contributed by atoms with E-state index < -0.39 is 11.9 Å². The molecule has 3 rings (SSSR count). The Balaban J connectivity index is 1.95. The highest BCUT2D eigenvalue weighted by Gasteiger charge is 2.20. The van der Waals surface area contributed by atoms with Gasteiger partial charge in [-0.1, -0.05) is 24.3 Å². The number of aryl methyl sites for hydroxylation is 2. The fourth-order valence-corrected chi connectivity index (χ4v) is 2.45. The Labute approximate surface area is 132 Å². The average molecular weight is 309 g/mol. The second kappa shape index (κ2) is 5.61. The van der Waals surface area contributed by atoms with Crippen LogP contribution in [0.3, 0.4) is 0 Å². The molecule has 1 amide bonds. The number of carbonyl (C=O) groups is 2. The second-order valence-electron chi connectivity index (χ2n) is 5.29. The second-order valence-corrected chi connectivity index (χ2v) is 5.29. The molecule has 2 aromatic carbocycles. The molecule has 2 N–H and O–H groups in total. The van der Waals surface area contributed by atoms with E-state index in [1.54, 1.807) is 18.2 Å². The third kappa shape index (κ3) is 2.68. The van der Waals surface area contributed by atoms with E-state index in [1.807, 2.05) is 32.0 Å². The van der Waals surface area contributed by atoms with Crippen molar-refractivity contribution in [3.63, 3.8) is 0 Å². The van der Waals surface area contributed by atoms with Crippen molar-refractivity contribution in [2.45, 2.75) is 13.8 Å². The number of hydrogen-bond acceptors (Lipinski definition) is 4. The normalized spacial score (nSPS) is 10.7. The molecule has 116 valence electrons. The summed E-state index contributed by atoms with van der Waals surface area (Å²) in [5.74, 6) is -0.806. The van der Waals surface area contributed by atoms with Crippen LogP contribution in [0.25, 0.3) is 11.0 Å². The monoisotopic (exact) mass is 309 g/mol. The molecule has 0 fully saturated rings. The van der Waals surface area contributed by atoms with Crippen molar-refractivity contribution in [3.05, 3.63) is 64.9 Å². The lowest BCUT2D eigenvalue weighted by atomic mass is 10.1. The summed E-state index contributed by atoms with van der Waals surface area (Å²) >= 11 is 0. The maximum absolute atomic E-state index is 12.4. The molecule has 0 radical (unpaired) electrons. The third-order valence-corrected chi connectivity index (χ3v) is 3.68. The molecule has 0 atom stereocenters. The van der Waals surface area contributed by atoms with Crippen molar-refractivity contribution in [1.29, 1.82) is 0 Å². The molecule has 0 aliphatic heterocycles. The van der Waals surface area contributed by atoms with E-state index in [0.29, 0.717) is 5.58 Å². The smallest absolute Gasteiger partial charge is 0.379 e. The van der Waals surface area contributed by atoms with E-state index in [0.717, 1.165) is 16.5 Å². The Morgan fingerprint density at radius 1 is 1.09 bits per heavy atom. The molecular formula is C18H15NO4. The number of fused-ring (bicyclic) bond motifs is 1. The Kier molecular flexibility index (Phi) is 3.62. The minimum absolute atomic E-state index is 0.152. The Morgan fingerprint density at radius 2 is 1.83 bits per heavy atom. The summed E-state index contributed by atoms with van der Waals surface area (Å²) in [5.41, 5.74) is 7.83. The number of benzene rings is 2. The van der Waals surface area contributed by atoms with Gasteiger partial charge in [-0.2, -0.15) is 0 Å². The molecule has 0 aliphatic carbocycles. The number of esters is 1. The standard InChI is InChI=1S/C18H15NO4/c1-10-5-3-8-14-11(2)16(23-15(10)14)18(21)22-13-7-4-6-12(9-13)17(19)20/h3-9H,1-2H3,(H2,19,20). The average Bonchev–Trinajstić information content (AvgIpc) is 2.86. The van der Waals surface area contributed by atoms with Gasteiger partial charge in [0.05, 0.1) is 0 Å². The van der Waals surface area contributed by atoms with Crippen LogP contribution in [0.1, 0.15) is 32.0 Å². The fraction of sp³-hybridized carbons (Fsp3) is 0.111. The van der Waals surface area contributed by atoms with Crippen LogP contribution in [-0.4, -0.2) is 11.9 Å². The van der Waals surface area contributed by atoms with Crippen LogP contribution in [-0.2, 0) is 0 Å². The van der Waals surface area contributed by atoms with Gasteiger partial charge >= 0.3 is 5.97 Å². The number of nitrogens with two attached hydrogens (primary N) is 1. The molecule has 23 heavy (non-hydrogen) atoms. The van der Waals surface area contributed by atoms with Gasteiger partial charge in [0.15, 0.2) is 0 Å². The lowest BCUT2D eigenvalue weighted by Gasteiger charge is -2.04. The number of hydrogen-bond donors (Lipinski definition) is 1. The quantitative estimate of drug-likeness (QED) is 0.594. The van der Waals surface area contributed by atoms with Gasteiger partial charge in [-0.3, -0.25) is 4.79 Å². The number of amides is 1. The van der Waals surface area contributed by atoms with Crippen LogP contribution in [0.4, 0.5) is 0 Å². The summed E-state index contributed by atoms with van der Waals surface area (Å²) in [7, 11) is 0. The summed E-state index contributed by atoms with van der Waals surface area (Å²) in [6, 6.07) is 11.9. The first-order valence-electron chi connectivity index (χ1n) is 7.08. The van der Waals surface area contributed by atoms with E-state index in [2.05, 4.69) is 0 Å². The van der Waals surface area contributed by atoms with Gasteiger partial charge in [-0.15, -0.1) is 0 Å². The Bertz CT molecular complexity index is 924. The number of rotatable bonds is 3. The number of primary amides is 1. The molecule has 0 unspecified atom stereocenters. The van der Waals surface area contributed by atoms with Crippen LogP contribution in [0, 0.1) is 13.8 Å². The molecule has 1 aromatic heterocycles. The van der Waals surface area contributed by atoms with Gasteiger partial charge < -0.3 is 14.9 Å². The van der Waals surface area contributed by atoms with E-state index in [9.17, 15) is 9.59 Å². The molecule has 5 nitrogen and oxygen atoms in total. The van der Waals surface area contributed by atoms with Crippen molar-refractivity contribution < 1.29 is 18.7 Å². The van der Waals surface area contributed by atoms with Gasteiger partial charge in [-0.25, -0.2) is 4.79 Å². The van der Waals surface area contributed by atoms with Crippen LogP contribution >= 0.6 is 0 Å². The van der Waals surface area contributed by atoms with E-state index in [-0.39, 0.29) is 17.1 Å². The molecule has 1 heterocycles. The first kappa shape index (κ1) is 14.8. The minimum Gasteiger partial charge on any atom is -0.448 e. The molecule has 5 heteroatoms. The minimum atomic E-state index is -0.611. The van der Waals surface area contributed by atoms with Gasteiger partial charge in [-0.05, 0) is 37.6 Å².